The molecule has 3 rings (SSSR count). The average Bonchev–Trinajstić information content (AvgIpc) is 3.08. The van der Waals surface area contributed by atoms with E-state index in [4.69, 9.17) is 5.73 Å². The SMILES string of the molecule is Nc1cc(C2CC2)nc2c(F)c(F)cc(F)c12. The Morgan fingerprint density at radius 1 is 1.12 bits per heavy atom. The largest absolute Gasteiger partial charge is 0.398 e. The van der Waals surface area contributed by atoms with Gasteiger partial charge in [0.2, 0.25) is 0 Å². The molecule has 2 nitrogen and oxygen atoms in total. The van der Waals surface area contributed by atoms with E-state index in [0.717, 1.165) is 12.8 Å². The number of nitrogens with zero attached hydrogens (tertiary/aromatic N) is 1. The number of pyridine rings is 1. The van der Waals surface area contributed by atoms with E-state index >= 15 is 0 Å². The van der Waals surface area contributed by atoms with Gasteiger partial charge in [0.15, 0.2) is 11.6 Å². The van der Waals surface area contributed by atoms with Gasteiger partial charge >= 0.3 is 0 Å². The van der Waals surface area contributed by atoms with Gasteiger partial charge in [-0.15, -0.1) is 0 Å². The first-order valence-electron chi connectivity index (χ1n) is 5.31. The zero-order valence-electron chi connectivity index (χ0n) is 8.80. The van der Waals surface area contributed by atoms with Gasteiger partial charge in [-0.25, -0.2) is 18.2 Å². The van der Waals surface area contributed by atoms with E-state index in [1.807, 2.05) is 0 Å². The molecule has 1 saturated carbocycles. The Kier molecular flexibility index (Phi) is 2.05. The maximum Gasteiger partial charge on any atom is 0.185 e. The fourth-order valence-corrected chi connectivity index (χ4v) is 1.94. The van der Waals surface area contributed by atoms with Crippen LogP contribution in [0.4, 0.5) is 18.9 Å². The molecular weight excluding hydrogens is 229 g/mol. The minimum absolute atomic E-state index is 0.105. The number of nitrogen functional groups attached to an aromatic ring is 1. The molecule has 1 aliphatic rings. The van der Waals surface area contributed by atoms with Crippen molar-refractivity contribution in [1.29, 1.82) is 0 Å². The quantitative estimate of drug-likeness (QED) is 0.775. The van der Waals surface area contributed by atoms with Crippen molar-refractivity contribution in [2.24, 2.45) is 0 Å². The van der Waals surface area contributed by atoms with E-state index in [1.54, 1.807) is 6.07 Å². The third kappa shape index (κ3) is 1.53. The monoisotopic (exact) mass is 238 g/mol. The molecule has 1 aliphatic carbocycles. The third-order valence-electron chi connectivity index (χ3n) is 2.98. The lowest BCUT2D eigenvalue weighted by Gasteiger charge is -2.07. The van der Waals surface area contributed by atoms with Crippen LogP contribution < -0.4 is 5.73 Å². The van der Waals surface area contributed by atoms with Crippen LogP contribution in [0.1, 0.15) is 24.5 Å². The third-order valence-corrected chi connectivity index (χ3v) is 2.98. The summed E-state index contributed by atoms with van der Waals surface area (Å²) in [6, 6.07) is 2.03. The van der Waals surface area contributed by atoms with Crippen LogP contribution in [0.25, 0.3) is 10.9 Å². The van der Waals surface area contributed by atoms with Crippen molar-refractivity contribution >= 4 is 16.6 Å². The van der Waals surface area contributed by atoms with Crippen molar-refractivity contribution in [2.45, 2.75) is 18.8 Å². The minimum Gasteiger partial charge on any atom is -0.398 e. The molecule has 17 heavy (non-hydrogen) atoms. The topological polar surface area (TPSA) is 38.9 Å². The van der Waals surface area contributed by atoms with Crippen molar-refractivity contribution in [3.63, 3.8) is 0 Å². The molecule has 0 spiro atoms. The molecule has 0 radical (unpaired) electrons. The molecule has 5 heteroatoms. The lowest BCUT2D eigenvalue weighted by atomic mass is 10.1. The van der Waals surface area contributed by atoms with E-state index < -0.39 is 17.5 Å². The van der Waals surface area contributed by atoms with Crippen LogP contribution in [0.15, 0.2) is 12.1 Å². The van der Waals surface area contributed by atoms with Gasteiger partial charge in [0.05, 0.1) is 5.39 Å². The summed E-state index contributed by atoms with van der Waals surface area (Å²) in [6.07, 6.45) is 1.91. The Morgan fingerprint density at radius 3 is 2.47 bits per heavy atom. The van der Waals surface area contributed by atoms with Gasteiger partial charge in [0, 0.05) is 23.4 Å². The molecule has 0 saturated heterocycles. The number of benzene rings is 1. The number of hydrogen-bond donors (Lipinski definition) is 1. The highest BCUT2D eigenvalue weighted by Crippen LogP contribution is 2.41. The summed E-state index contributed by atoms with van der Waals surface area (Å²) in [5.41, 5.74) is 6.07. The Labute approximate surface area is 95.3 Å². The first kappa shape index (κ1) is 10.4. The van der Waals surface area contributed by atoms with Gasteiger partial charge in [0.1, 0.15) is 11.3 Å². The second-order valence-electron chi connectivity index (χ2n) is 4.29. The summed E-state index contributed by atoms with van der Waals surface area (Å²) >= 11 is 0. The smallest absolute Gasteiger partial charge is 0.185 e. The molecule has 2 N–H and O–H groups in total. The molecule has 1 fully saturated rings. The molecule has 0 unspecified atom stereocenters. The fraction of sp³-hybridized carbons (Fsp3) is 0.250. The predicted molar refractivity (Wildman–Crippen MR) is 58.0 cm³/mol. The first-order valence-corrected chi connectivity index (χ1v) is 5.31. The molecule has 0 bridgehead atoms. The Hall–Kier alpha value is -1.78. The molecular formula is C12H9F3N2. The first-order chi connectivity index (χ1) is 8.08. The Balaban J connectivity index is 2.39. The van der Waals surface area contributed by atoms with Crippen molar-refractivity contribution in [1.82, 2.24) is 4.98 Å². The molecule has 0 atom stereocenters. The van der Waals surface area contributed by atoms with Gasteiger partial charge in [-0.05, 0) is 18.9 Å². The highest BCUT2D eigenvalue weighted by Gasteiger charge is 2.27. The highest BCUT2D eigenvalue weighted by atomic mass is 19.2. The van der Waals surface area contributed by atoms with Gasteiger partial charge in [-0.2, -0.15) is 0 Å². The molecule has 2 aromatic rings. The summed E-state index contributed by atoms with van der Waals surface area (Å²) in [5.74, 6) is -3.02. The predicted octanol–water partition coefficient (Wildman–Crippen LogP) is 3.11. The zero-order chi connectivity index (χ0) is 12.2. The van der Waals surface area contributed by atoms with Crippen LogP contribution >= 0.6 is 0 Å². The second-order valence-corrected chi connectivity index (χ2v) is 4.29. The van der Waals surface area contributed by atoms with Crippen molar-refractivity contribution < 1.29 is 13.2 Å². The molecule has 1 heterocycles. The van der Waals surface area contributed by atoms with Gasteiger partial charge in [-0.1, -0.05) is 0 Å². The van der Waals surface area contributed by atoms with E-state index in [9.17, 15) is 13.2 Å². The van der Waals surface area contributed by atoms with Crippen molar-refractivity contribution in [3.8, 4) is 0 Å². The molecule has 0 amide bonds. The number of nitrogens with two attached hydrogens (primary N) is 1. The lowest BCUT2D eigenvalue weighted by molar-refractivity contribution is 0.504. The summed E-state index contributed by atoms with van der Waals surface area (Å²) in [7, 11) is 0. The van der Waals surface area contributed by atoms with Crippen molar-refractivity contribution in [2.75, 3.05) is 5.73 Å². The lowest BCUT2D eigenvalue weighted by Crippen LogP contribution is -2.00. The van der Waals surface area contributed by atoms with Gasteiger partial charge in [0.25, 0.3) is 0 Å². The maximum absolute atomic E-state index is 13.6. The normalized spacial score (nSPS) is 15.5. The van der Waals surface area contributed by atoms with Crippen molar-refractivity contribution in [3.05, 3.63) is 35.3 Å². The van der Waals surface area contributed by atoms with E-state index in [1.165, 1.54) is 0 Å². The van der Waals surface area contributed by atoms with Crippen LogP contribution in [-0.2, 0) is 0 Å². The number of halogens is 3. The number of fused-ring (bicyclic) bond motifs is 1. The number of anilines is 1. The van der Waals surface area contributed by atoms with Crippen LogP contribution in [0.2, 0.25) is 0 Å². The number of hydrogen-bond acceptors (Lipinski definition) is 2. The van der Waals surface area contributed by atoms with Crippen LogP contribution in [0.3, 0.4) is 0 Å². The second kappa shape index (κ2) is 3.35. The summed E-state index contributed by atoms with van der Waals surface area (Å²) < 4.78 is 40.2. The summed E-state index contributed by atoms with van der Waals surface area (Å²) in [5, 5.41) is -0.145. The summed E-state index contributed by atoms with van der Waals surface area (Å²) in [4.78, 5) is 3.98. The van der Waals surface area contributed by atoms with Crippen LogP contribution in [0, 0.1) is 17.5 Å². The van der Waals surface area contributed by atoms with E-state index in [0.29, 0.717) is 11.8 Å². The Morgan fingerprint density at radius 2 is 1.82 bits per heavy atom. The molecule has 0 aliphatic heterocycles. The zero-order valence-corrected chi connectivity index (χ0v) is 8.80. The standard InChI is InChI=1S/C12H9F3N2/c13-6-3-7(14)11(15)12-10(6)8(16)4-9(17-12)5-1-2-5/h3-5H,1-2H2,(H2,16,17). The minimum atomic E-state index is -1.24. The molecule has 1 aromatic carbocycles. The van der Waals surface area contributed by atoms with E-state index in [-0.39, 0.29) is 22.5 Å². The highest BCUT2D eigenvalue weighted by molar-refractivity contribution is 5.91. The summed E-state index contributed by atoms with van der Waals surface area (Å²) in [6.45, 7) is 0. The number of aromatic nitrogens is 1. The van der Waals surface area contributed by atoms with Crippen LogP contribution in [0.5, 0.6) is 0 Å². The van der Waals surface area contributed by atoms with E-state index in [2.05, 4.69) is 4.98 Å². The molecule has 88 valence electrons. The van der Waals surface area contributed by atoms with Gasteiger partial charge < -0.3 is 5.73 Å². The van der Waals surface area contributed by atoms with Gasteiger partial charge in [-0.3, -0.25) is 0 Å². The average molecular weight is 238 g/mol. The van der Waals surface area contributed by atoms with Crippen LogP contribution in [-0.4, -0.2) is 4.98 Å². The Bertz CT molecular complexity index is 621. The number of rotatable bonds is 1. The fourth-order valence-electron chi connectivity index (χ4n) is 1.94. The molecule has 1 aromatic heterocycles. The maximum atomic E-state index is 13.6.